The third kappa shape index (κ3) is 4.03. The zero-order valence-electron chi connectivity index (χ0n) is 11.6. The summed E-state index contributed by atoms with van der Waals surface area (Å²) in [5, 5.41) is 11.8. The first kappa shape index (κ1) is 15.5. The molecule has 0 aliphatic heterocycles. The Labute approximate surface area is 131 Å². The fraction of sp³-hybridized carbons (Fsp3) is 0.200. The van der Waals surface area contributed by atoms with Gasteiger partial charge >= 0.3 is 0 Å². The van der Waals surface area contributed by atoms with Gasteiger partial charge in [0.25, 0.3) is 5.91 Å². The summed E-state index contributed by atoms with van der Waals surface area (Å²) in [4.78, 5) is 18.3. The van der Waals surface area contributed by atoms with E-state index in [4.69, 9.17) is 5.11 Å². The van der Waals surface area contributed by atoms with E-state index in [1.165, 1.54) is 0 Å². The van der Waals surface area contributed by atoms with E-state index in [2.05, 4.69) is 26.2 Å². The Balaban J connectivity index is 2.21. The summed E-state index contributed by atoms with van der Waals surface area (Å²) in [6.07, 6.45) is 1.62. The lowest BCUT2D eigenvalue weighted by molar-refractivity contribution is 0.102. The highest BCUT2D eigenvalue weighted by atomic mass is 79.9. The number of hydrogen-bond donors (Lipinski definition) is 2. The molecule has 0 radical (unpaired) electrons. The van der Waals surface area contributed by atoms with Gasteiger partial charge in [0.15, 0.2) is 0 Å². The van der Waals surface area contributed by atoms with Gasteiger partial charge in [-0.15, -0.1) is 0 Å². The van der Waals surface area contributed by atoms with Crippen LogP contribution in [0, 0.1) is 0 Å². The van der Waals surface area contributed by atoms with Crippen molar-refractivity contribution in [2.75, 3.05) is 30.4 Å². The molecular formula is C15H16BrN3O2. The van der Waals surface area contributed by atoms with E-state index in [9.17, 15) is 4.79 Å². The average Bonchev–Trinajstić information content (AvgIpc) is 2.50. The van der Waals surface area contributed by atoms with Crippen molar-refractivity contribution in [2.24, 2.45) is 0 Å². The van der Waals surface area contributed by atoms with Crippen LogP contribution >= 0.6 is 15.9 Å². The van der Waals surface area contributed by atoms with Gasteiger partial charge in [-0.1, -0.05) is 15.9 Å². The molecule has 1 amide bonds. The summed E-state index contributed by atoms with van der Waals surface area (Å²) < 4.78 is 0.949. The van der Waals surface area contributed by atoms with Gasteiger partial charge in [-0.2, -0.15) is 0 Å². The van der Waals surface area contributed by atoms with Crippen LogP contribution in [0.5, 0.6) is 0 Å². The number of carbonyl (C=O) groups excluding carboxylic acids is 1. The monoisotopic (exact) mass is 349 g/mol. The normalized spacial score (nSPS) is 10.2. The van der Waals surface area contributed by atoms with Crippen molar-refractivity contribution in [1.82, 2.24) is 4.98 Å². The van der Waals surface area contributed by atoms with Gasteiger partial charge in [0, 0.05) is 29.9 Å². The first-order chi connectivity index (χ1) is 10.1. The van der Waals surface area contributed by atoms with Crippen molar-refractivity contribution in [3.63, 3.8) is 0 Å². The quantitative estimate of drug-likeness (QED) is 0.870. The van der Waals surface area contributed by atoms with E-state index >= 15 is 0 Å². The van der Waals surface area contributed by atoms with Crippen LogP contribution in [0.2, 0.25) is 0 Å². The van der Waals surface area contributed by atoms with E-state index in [1.807, 2.05) is 24.3 Å². The Morgan fingerprint density at radius 1 is 1.33 bits per heavy atom. The van der Waals surface area contributed by atoms with Crippen molar-refractivity contribution in [1.29, 1.82) is 0 Å². The number of carbonyl (C=O) groups is 1. The van der Waals surface area contributed by atoms with Crippen LogP contribution in [0.1, 0.15) is 10.4 Å². The van der Waals surface area contributed by atoms with Crippen LogP contribution in [0.3, 0.4) is 0 Å². The third-order valence-corrected chi connectivity index (χ3v) is 3.46. The van der Waals surface area contributed by atoms with Gasteiger partial charge in [-0.3, -0.25) is 4.79 Å². The highest BCUT2D eigenvalue weighted by Gasteiger charge is 2.15. The number of pyridine rings is 1. The molecule has 0 saturated carbocycles. The molecule has 21 heavy (non-hydrogen) atoms. The van der Waals surface area contributed by atoms with Gasteiger partial charge in [-0.05, 0) is 36.4 Å². The van der Waals surface area contributed by atoms with Crippen molar-refractivity contribution in [2.45, 2.75) is 0 Å². The predicted molar refractivity (Wildman–Crippen MR) is 86.7 cm³/mol. The summed E-state index contributed by atoms with van der Waals surface area (Å²) in [5.74, 6) is 0.311. The summed E-state index contributed by atoms with van der Waals surface area (Å²) >= 11 is 3.35. The number of benzene rings is 1. The smallest absolute Gasteiger partial charge is 0.259 e. The van der Waals surface area contributed by atoms with Crippen LogP contribution in [0.15, 0.2) is 47.1 Å². The second-order valence-corrected chi connectivity index (χ2v) is 5.40. The van der Waals surface area contributed by atoms with E-state index in [1.54, 1.807) is 30.3 Å². The molecule has 0 unspecified atom stereocenters. The fourth-order valence-corrected chi connectivity index (χ4v) is 2.13. The first-order valence-corrected chi connectivity index (χ1v) is 7.25. The molecule has 1 heterocycles. The van der Waals surface area contributed by atoms with Gasteiger partial charge < -0.3 is 15.3 Å². The van der Waals surface area contributed by atoms with Crippen molar-refractivity contribution in [3.05, 3.63) is 52.6 Å². The first-order valence-electron chi connectivity index (χ1n) is 6.45. The molecule has 110 valence electrons. The highest BCUT2D eigenvalue weighted by Crippen LogP contribution is 2.19. The van der Waals surface area contributed by atoms with Crippen molar-refractivity contribution in [3.8, 4) is 0 Å². The topological polar surface area (TPSA) is 65.5 Å². The zero-order valence-corrected chi connectivity index (χ0v) is 13.2. The Kier molecular flexibility index (Phi) is 5.30. The number of nitrogens with one attached hydrogen (secondary N) is 1. The van der Waals surface area contributed by atoms with E-state index < -0.39 is 0 Å². The van der Waals surface area contributed by atoms with Crippen molar-refractivity contribution < 1.29 is 9.90 Å². The Morgan fingerprint density at radius 3 is 2.71 bits per heavy atom. The fourth-order valence-electron chi connectivity index (χ4n) is 1.87. The van der Waals surface area contributed by atoms with Crippen LogP contribution in [-0.2, 0) is 0 Å². The number of aromatic nitrogens is 1. The minimum Gasteiger partial charge on any atom is -0.395 e. The minimum atomic E-state index is -0.231. The lowest BCUT2D eigenvalue weighted by Crippen LogP contribution is -2.26. The SMILES string of the molecule is CN(CCO)c1ncccc1C(=O)Nc1ccc(Br)cc1. The second kappa shape index (κ2) is 7.19. The summed E-state index contributed by atoms with van der Waals surface area (Å²) in [6, 6.07) is 10.8. The summed E-state index contributed by atoms with van der Waals surface area (Å²) in [5.41, 5.74) is 1.18. The molecule has 0 aliphatic rings. The average molecular weight is 350 g/mol. The number of halogens is 1. The van der Waals surface area contributed by atoms with Crippen LogP contribution in [-0.4, -0.2) is 36.2 Å². The van der Waals surface area contributed by atoms with Gasteiger partial charge in [0.1, 0.15) is 5.82 Å². The molecule has 5 nitrogen and oxygen atoms in total. The van der Waals surface area contributed by atoms with Gasteiger partial charge in [0.2, 0.25) is 0 Å². The molecular weight excluding hydrogens is 334 g/mol. The minimum absolute atomic E-state index is 0.000839. The number of amides is 1. The molecule has 2 rings (SSSR count). The summed E-state index contributed by atoms with van der Waals surface area (Å²) in [6.45, 7) is 0.413. The zero-order chi connectivity index (χ0) is 15.2. The number of aliphatic hydroxyl groups excluding tert-OH is 1. The second-order valence-electron chi connectivity index (χ2n) is 4.48. The molecule has 0 atom stereocenters. The number of nitrogens with zero attached hydrogens (tertiary/aromatic N) is 2. The molecule has 1 aromatic heterocycles. The molecule has 1 aromatic carbocycles. The Bertz CT molecular complexity index is 617. The summed E-state index contributed by atoms with van der Waals surface area (Å²) in [7, 11) is 1.79. The lowest BCUT2D eigenvalue weighted by atomic mass is 10.2. The highest BCUT2D eigenvalue weighted by molar-refractivity contribution is 9.10. The molecule has 2 aromatic rings. The Hall–Kier alpha value is -1.92. The largest absolute Gasteiger partial charge is 0.395 e. The number of aliphatic hydroxyl groups is 1. The maximum Gasteiger partial charge on any atom is 0.259 e. The lowest BCUT2D eigenvalue weighted by Gasteiger charge is -2.19. The van der Waals surface area contributed by atoms with Crippen LogP contribution in [0.4, 0.5) is 11.5 Å². The van der Waals surface area contributed by atoms with E-state index in [0.717, 1.165) is 4.47 Å². The standard InChI is InChI=1S/C15H16BrN3O2/c1-19(9-10-20)14-13(3-2-8-17-14)15(21)18-12-6-4-11(16)5-7-12/h2-8,20H,9-10H2,1H3,(H,18,21). The molecule has 6 heteroatoms. The number of hydrogen-bond acceptors (Lipinski definition) is 4. The van der Waals surface area contributed by atoms with Crippen LogP contribution < -0.4 is 10.2 Å². The van der Waals surface area contributed by atoms with E-state index in [-0.39, 0.29) is 12.5 Å². The van der Waals surface area contributed by atoms with Crippen LogP contribution in [0.25, 0.3) is 0 Å². The maximum absolute atomic E-state index is 12.4. The Morgan fingerprint density at radius 2 is 2.05 bits per heavy atom. The van der Waals surface area contributed by atoms with Gasteiger partial charge in [-0.25, -0.2) is 4.98 Å². The third-order valence-electron chi connectivity index (χ3n) is 2.93. The van der Waals surface area contributed by atoms with Gasteiger partial charge in [0.05, 0.1) is 12.2 Å². The maximum atomic E-state index is 12.4. The molecule has 0 aliphatic carbocycles. The van der Waals surface area contributed by atoms with Crippen molar-refractivity contribution >= 4 is 33.3 Å². The molecule has 0 spiro atoms. The predicted octanol–water partition coefficient (Wildman–Crippen LogP) is 2.52. The molecule has 2 N–H and O–H groups in total. The molecule has 0 fully saturated rings. The number of likely N-dealkylation sites (N-methyl/N-ethyl adjacent to an activating group) is 1. The van der Waals surface area contributed by atoms with E-state index in [0.29, 0.717) is 23.6 Å². The molecule has 0 bridgehead atoms. The molecule has 0 saturated heterocycles. The number of rotatable bonds is 5. The number of anilines is 2.